The third-order valence-corrected chi connectivity index (χ3v) is 4.15. The zero-order chi connectivity index (χ0) is 13.5. The van der Waals surface area contributed by atoms with Gasteiger partial charge in [-0.25, -0.2) is 0 Å². The van der Waals surface area contributed by atoms with Crippen LogP contribution in [0.3, 0.4) is 0 Å². The lowest BCUT2D eigenvalue weighted by atomic mass is 10.1. The first kappa shape index (κ1) is 17.7. The summed E-state index contributed by atoms with van der Waals surface area (Å²) in [6, 6.07) is 0.848. The number of nitrogens with zero attached hydrogens (tertiary/aromatic N) is 1. The van der Waals surface area contributed by atoms with E-state index in [9.17, 15) is 4.79 Å². The van der Waals surface area contributed by atoms with Crippen LogP contribution in [0.2, 0.25) is 0 Å². The predicted molar refractivity (Wildman–Crippen MR) is 82.4 cm³/mol. The smallest absolute Gasteiger partial charge is 0.234 e. The van der Waals surface area contributed by atoms with Crippen LogP contribution in [-0.2, 0) is 9.53 Å². The van der Waals surface area contributed by atoms with E-state index in [0.717, 1.165) is 45.6 Å². The van der Waals surface area contributed by atoms with Crippen molar-refractivity contribution in [2.75, 3.05) is 39.9 Å². The third kappa shape index (κ3) is 5.95. The van der Waals surface area contributed by atoms with Gasteiger partial charge in [0.05, 0.1) is 6.54 Å². The van der Waals surface area contributed by atoms with Gasteiger partial charge in [0.25, 0.3) is 0 Å². The van der Waals surface area contributed by atoms with Crippen molar-refractivity contribution in [3.63, 3.8) is 0 Å². The normalized spacial score (nSPS) is 24.8. The van der Waals surface area contributed by atoms with E-state index in [2.05, 4.69) is 22.6 Å². The molecule has 6 heteroatoms. The van der Waals surface area contributed by atoms with Gasteiger partial charge in [0.1, 0.15) is 0 Å². The summed E-state index contributed by atoms with van der Waals surface area (Å²) < 4.78 is 5.30. The average molecular weight is 306 g/mol. The van der Waals surface area contributed by atoms with Crippen molar-refractivity contribution in [1.29, 1.82) is 0 Å². The van der Waals surface area contributed by atoms with Crippen LogP contribution in [0.5, 0.6) is 0 Å². The molecule has 1 unspecified atom stereocenters. The van der Waals surface area contributed by atoms with E-state index in [4.69, 9.17) is 4.74 Å². The molecule has 20 heavy (non-hydrogen) atoms. The second-order valence-electron chi connectivity index (χ2n) is 5.70. The highest BCUT2D eigenvalue weighted by Crippen LogP contribution is 2.11. The highest BCUT2D eigenvalue weighted by Gasteiger charge is 2.21. The zero-order valence-electron chi connectivity index (χ0n) is 12.4. The fraction of sp³-hybridized carbons (Fsp3) is 0.929. The molecular formula is C14H28ClN3O2. The Balaban J connectivity index is 0.00000200. The standard InChI is InChI=1S/C14H27N3O2.ClH/c1-17(13-3-2-7-15-8-4-13)11-14(18)16-12-5-9-19-10-6-12;/h12-13,15H,2-11H2,1H3,(H,16,18);1H. The van der Waals surface area contributed by atoms with Crippen molar-refractivity contribution in [1.82, 2.24) is 15.5 Å². The molecule has 2 fully saturated rings. The Kier molecular flexibility index (Phi) is 8.45. The van der Waals surface area contributed by atoms with E-state index >= 15 is 0 Å². The second kappa shape index (κ2) is 9.55. The lowest BCUT2D eigenvalue weighted by Gasteiger charge is -2.28. The number of ether oxygens (including phenoxy) is 1. The molecule has 1 atom stereocenters. The number of hydrogen-bond donors (Lipinski definition) is 2. The minimum absolute atomic E-state index is 0. The lowest BCUT2D eigenvalue weighted by Crippen LogP contribution is -2.45. The van der Waals surface area contributed by atoms with Crippen LogP contribution >= 0.6 is 12.4 Å². The number of nitrogens with one attached hydrogen (secondary N) is 2. The Hall–Kier alpha value is -0.360. The van der Waals surface area contributed by atoms with Gasteiger partial charge < -0.3 is 15.4 Å². The van der Waals surface area contributed by atoms with E-state index in [1.165, 1.54) is 12.8 Å². The topological polar surface area (TPSA) is 53.6 Å². The van der Waals surface area contributed by atoms with Crippen LogP contribution in [0.4, 0.5) is 0 Å². The van der Waals surface area contributed by atoms with E-state index < -0.39 is 0 Å². The van der Waals surface area contributed by atoms with E-state index in [-0.39, 0.29) is 18.3 Å². The fourth-order valence-corrected chi connectivity index (χ4v) is 2.91. The number of carbonyl (C=O) groups excluding carboxylic acids is 1. The summed E-state index contributed by atoms with van der Waals surface area (Å²) in [7, 11) is 2.07. The second-order valence-corrected chi connectivity index (χ2v) is 5.70. The molecule has 2 aliphatic heterocycles. The van der Waals surface area contributed by atoms with Crippen molar-refractivity contribution >= 4 is 18.3 Å². The van der Waals surface area contributed by atoms with Crippen molar-refractivity contribution in [3.05, 3.63) is 0 Å². The minimum Gasteiger partial charge on any atom is -0.381 e. The first-order chi connectivity index (χ1) is 9.25. The number of halogens is 1. The van der Waals surface area contributed by atoms with Crippen molar-refractivity contribution < 1.29 is 9.53 Å². The molecule has 0 aromatic carbocycles. The summed E-state index contributed by atoms with van der Waals surface area (Å²) in [6.45, 7) is 4.24. The highest BCUT2D eigenvalue weighted by molar-refractivity contribution is 5.85. The van der Waals surface area contributed by atoms with Crippen LogP contribution in [0.15, 0.2) is 0 Å². The molecule has 0 spiro atoms. The molecule has 0 aliphatic carbocycles. The monoisotopic (exact) mass is 305 g/mol. The molecule has 0 aromatic rings. The van der Waals surface area contributed by atoms with Crippen LogP contribution in [0.1, 0.15) is 32.1 Å². The van der Waals surface area contributed by atoms with Gasteiger partial charge in [0, 0.05) is 25.3 Å². The molecule has 118 valence electrons. The van der Waals surface area contributed by atoms with Gasteiger partial charge in [0.15, 0.2) is 0 Å². The summed E-state index contributed by atoms with van der Waals surface area (Å²) in [5.74, 6) is 0.159. The van der Waals surface area contributed by atoms with Crippen LogP contribution in [0, 0.1) is 0 Å². The summed E-state index contributed by atoms with van der Waals surface area (Å²) in [6.07, 6.45) is 5.43. The Labute approximate surface area is 128 Å². The van der Waals surface area contributed by atoms with E-state index in [1.807, 2.05) is 0 Å². The Morgan fingerprint density at radius 2 is 2.00 bits per heavy atom. The molecule has 0 saturated carbocycles. The van der Waals surface area contributed by atoms with Crippen LogP contribution < -0.4 is 10.6 Å². The largest absolute Gasteiger partial charge is 0.381 e. The minimum atomic E-state index is 0. The lowest BCUT2D eigenvalue weighted by molar-refractivity contribution is -0.123. The zero-order valence-corrected chi connectivity index (χ0v) is 13.2. The number of carbonyl (C=O) groups is 1. The molecule has 5 nitrogen and oxygen atoms in total. The van der Waals surface area contributed by atoms with Gasteiger partial charge in [-0.15, -0.1) is 12.4 Å². The Morgan fingerprint density at radius 1 is 1.25 bits per heavy atom. The number of amides is 1. The van der Waals surface area contributed by atoms with Crippen molar-refractivity contribution in [2.24, 2.45) is 0 Å². The van der Waals surface area contributed by atoms with Gasteiger partial charge in [-0.3, -0.25) is 9.69 Å². The first-order valence-electron chi connectivity index (χ1n) is 7.54. The third-order valence-electron chi connectivity index (χ3n) is 4.15. The molecule has 0 radical (unpaired) electrons. The number of likely N-dealkylation sites (N-methyl/N-ethyl adjacent to an activating group) is 1. The van der Waals surface area contributed by atoms with Gasteiger partial charge in [-0.1, -0.05) is 0 Å². The molecular weight excluding hydrogens is 278 g/mol. The highest BCUT2D eigenvalue weighted by atomic mass is 35.5. The summed E-state index contributed by atoms with van der Waals surface area (Å²) in [4.78, 5) is 14.3. The Bertz CT molecular complexity index is 278. The first-order valence-corrected chi connectivity index (χ1v) is 7.54. The van der Waals surface area contributed by atoms with E-state index in [1.54, 1.807) is 0 Å². The van der Waals surface area contributed by atoms with Gasteiger partial charge in [0.2, 0.25) is 5.91 Å². The molecule has 0 bridgehead atoms. The van der Waals surface area contributed by atoms with Gasteiger partial charge in [-0.2, -0.15) is 0 Å². The SMILES string of the molecule is CN(CC(=O)NC1CCOCC1)C1CCCNCC1.Cl. The van der Waals surface area contributed by atoms with Crippen molar-refractivity contribution in [3.8, 4) is 0 Å². The number of rotatable bonds is 4. The van der Waals surface area contributed by atoms with E-state index in [0.29, 0.717) is 18.6 Å². The Morgan fingerprint density at radius 3 is 2.75 bits per heavy atom. The maximum Gasteiger partial charge on any atom is 0.234 e. The summed E-state index contributed by atoms with van der Waals surface area (Å²) in [5, 5.41) is 6.54. The quantitative estimate of drug-likeness (QED) is 0.806. The van der Waals surface area contributed by atoms with Crippen LogP contribution in [-0.4, -0.2) is 62.8 Å². The average Bonchev–Trinajstić information content (AvgIpc) is 2.68. The van der Waals surface area contributed by atoms with Gasteiger partial charge >= 0.3 is 0 Å². The molecule has 2 N–H and O–H groups in total. The maximum absolute atomic E-state index is 12.0. The molecule has 2 rings (SSSR count). The number of hydrogen-bond acceptors (Lipinski definition) is 4. The molecule has 1 amide bonds. The molecule has 2 saturated heterocycles. The molecule has 2 heterocycles. The van der Waals surface area contributed by atoms with Crippen molar-refractivity contribution in [2.45, 2.75) is 44.2 Å². The van der Waals surface area contributed by atoms with Gasteiger partial charge in [-0.05, 0) is 52.2 Å². The molecule has 2 aliphatic rings. The maximum atomic E-state index is 12.0. The van der Waals surface area contributed by atoms with Crippen LogP contribution in [0.25, 0.3) is 0 Å². The summed E-state index contributed by atoms with van der Waals surface area (Å²) >= 11 is 0. The fourth-order valence-electron chi connectivity index (χ4n) is 2.91. The summed E-state index contributed by atoms with van der Waals surface area (Å²) in [5.41, 5.74) is 0. The molecule has 0 aromatic heterocycles. The predicted octanol–water partition coefficient (Wildman–Crippen LogP) is 0.777.